The van der Waals surface area contributed by atoms with Crippen LogP contribution >= 0.6 is 0 Å². The van der Waals surface area contributed by atoms with Gasteiger partial charge in [-0.1, -0.05) is 51.9 Å². The van der Waals surface area contributed by atoms with Crippen molar-refractivity contribution in [3.05, 3.63) is 23.2 Å². The number of furan rings is 1. The maximum atomic E-state index is 6.15. The van der Waals surface area contributed by atoms with Crippen molar-refractivity contribution >= 4 is 0 Å². The molecule has 0 aromatic carbocycles. The molecule has 18 heavy (non-hydrogen) atoms. The predicted molar refractivity (Wildman–Crippen MR) is 77.7 cm³/mol. The Morgan fingerprint density at radius 1 is 1.06 bits per heavy atom. The average molecular weight is 251 g/mol. The summed E-state index contributed by atoms with van der Waals surface area (Å²) in [5, 5.41) is 0. The van der Waals surface area contributed by atoms with Crippen LogP contribution in [0.5, 0.6) is 0 Å². The Hall–Kier alpha value is -0.760. The SMILES string of the molecule is CCCCCCCCCC(N)c1cc(C)c(C)o1. The molecule has 104 valence electrons. The van der Waals surface area contributed by atoms with Gasteiger partial charge in [-0.3, -0.25) is 0 Å². The maximum Gasteiger partial charge on any atom is 0.121 e. The van der Waals surface area contributed by atoms with Crippen LogP contribution in [-0.4, -0.2) is 0 Å². The van der Waals surface area contributed by atoms with E-state index in [0.29, 0.717) is 0 Å². The quantitative estimate of drug-likeness (QED) is 0.625. The Balaban J connectivity index is 2.12. The van der Waals surface area contributed by atoms with Gasteiger partial charge >= 0.3 is 0 Å². The van der Waals surface area contributed by atoms with E-state index in [1.807, 2.05) is 6.92 Å². The Labute approximate surface area is 112 Å². The van der Waals surface area contributed by atoms with Crippen LogP contribution < -0.4 is 5.73 Å². The normalized spacial score (nSPS) is 12.9. The molecule has 2 nitrogen and oxygen atoms in total. The average Bonchev–Trinajstić information content (AvgIpc) is 2.68. The minimum Gasteiger partial charge on any atom is -0.464 e. The monoisotopic (exact) mass is 251 g/mol. The van der Waals surface area contributed by atoms with E-state index in [4.69, 9.17) is 10.2 Å². The fraction of sp³-hybridized carbons (Fsp3) is 0.750. The van der Waals surface area contributed by atoms with E-state index in [9.17, 15) is 0 Å². The van der Waals surface area contributed by atoms with Gasteiger partial charge < -0.3 is 10.2 Å². The van der Waals surface area contributed by atoms with Gasteiger partial charge in [-0.05, 0) is 31.9 Å². The van der Waals surface area contributed by atoms with Crippen molar-refractivity contribution < 1.29 is 4.42 Å². The van der Waals surface area contributed by atoms with Gasteiger partial charge in [-0.15, -0.1) is 0 Å². The lowest BCUT2D eigenvalue weighted by Gasteiger charge is -2.08. The minimum atomic E-state index is 0.0769. The molecule has 0 fully saturated rings. The third-order valence-corrected chi connectivity index (χ3v) is 3.67. The summed E-state index contributed by atoms with van der Waals surface area (Å²) in [5.41, 5.74) is 7.35. The van der Waals surface area contributed by atoms with Gasteiger partial charge in [-0.2, -0.15) is 0 Å². The Bertz CT molecular complexity index is 310. The Kier molecular flexibility index (Phi) is 7.11. The second kappa shape index (κ2) is 8.36. The van der Waals surface area contributed by atoms with Crippen molar-refractivity contribution in [1.82, 2.24) is 0 Å². The van der Waals surface area contributed by atoms with Crippen molar-refractivity contribution in [2.24, 2.45) is 5.73 Å². The number of hydrogen-bond acceptors (Lipinski definition) is 2. The van der Waals surface area contributed by atoms with E-state index in [2.05, 4.69) is 19.9 Å². The molecule has 2 N–H and O–H groups in total. The highest BCUT2D eigenvalue weighted by molar-refractivity contribution is 5.20. The molecule has 0 saturated carbocycles. The van der Waals surface area contributed by atoms with Crippen molar-refractivity contribution in [3.63, 3.8) is 0 Å². The van der Waals surface area contributed by atoms with Crippen molar-refractivity contribution in [2.75, 3.05) is 0 Å². The zero-order chi connectivity index (χ0) is 13.4. The lowest BCUT2D eigenvalue weighted by Crippen LogP contribution is -2.08. The molecule has 0 radical (unpaired) electrons. The van der Waals surface area contributed by atoms with E-state index in [1.54, 1.807) is 0 Å². The molecule has 0 bridgehead atoms. The van der Waals surface area contributed by atoms with Crippen LogP contribution in [-0.2, 0) is 0 Å². The summed E-state index contributed by atoms with van der Waals surface area (Å²) in [6, 6.07) is 2.16. The summed E-state index contributed by atoms with van der Waals surface area (Å²) in [4.78, 5) is 0. The van der Waals surface area contributed by atoms with Crippen LogP contribution in [0, 0.1) is 13.8 Å². The topological polar surface area (TPSA) is 39.2 Å². The molecule has 1 heterocycles. The van der Waals surface area contributed by atoms with Gasteiger partial charge in [0.05, 0.1) is 6.04 Å². The molecule has 2 heteroatoms. The van der Waals surface area contributed by atoms with E-state index >= 15 is 0 Å². The van der Waals surface area contributed by atoms with Crippen LogP contribution in [0.4, 0.5) is 0 Å². The summed E-state index contributed by atoms with van der Waals surface area (Å²) in [7, 11) is 0. The van der Waals surface area contributed by atoms with Gasteiger partial charge in [-0.25, -0.2) is 0 Å². The van der Waals surface area contributed by atoms with Gasteiger partial charge in [0.25, 0.3) is 0 Å². The second-order valence-electron chi connectivity index (χ2n) is 5.40. The molecule has 0 aliphatic heterocycles. The van der Waals surface area contributed by atoms with Crippen LogP contribution in [0.1, 0.15) is 81.4 Å². The molecule has 0 saturated heterocycles. The summed E-state index contributed by atoms with van der Waals surface area (Å²) >= 11 is 0. The predicted octanol–water partition coefficient (Wildman–Crippen LogP) is 5.04. The lowest BCUT2D eigenvalue weighted by molar-refractivity contribution is 0.423. The van der Waals surface area contributed by atoms with E-state index < -0.39 is 0 Å². The van der Waals surface area contributed by atoms with Crippen molar-refractivity contribution in [1.29, 1.82) is 0 Å². The first-order chi connectivity index (χ1) is 8.65. The molecule has 1 aromatic heterocycles. The number of hydrogen-bond donors (Lipinski definition) is 1. The number of nitrogens with two attached hydrogens (primary N) is 1. The molecule has 0 aliphatic rings. The standard InChI is InChI=1S/C16H29NO/c1-4-5-6-7-8-9-10-11-15(17)16-12-13(2)14(3)18-16/h12,15H,4-11,17H2,1-3H3. The molecule has 0 amide bonds. The molecule has 1 aromatic rings. The summed E-state index contributed by atoms with van der Waals surface area (Å²) in [6.45, 7) is 6.33. The van der Waals surface area contributed by atoms with Crippen molar-refractivity contribution in [3.8, 4) is 0 Å². The first-order valence-electron chi connectivity index (χ1n) is 7.47. The van der Waals surface area contributed by atoms with Crippen LogP contribution in [0.15, 0.2) is 10.5 Å². The highest BCUT2D eigenvalue weighted by atomic mass is 16.3. The molecule has 1 rings (SSSR count). The number of aryl methyl sites for hydroxylation is 2. The highest BCUT2D eigenvalue weighted by Crippen LogP contribution is 2.22. The fourth-order valence-corrected chi connectivity index (χ4v) is 2.25. The summed E-state index contributed by atoms with van der Waals surface area (Å²) < 4.78 is 5.66. The molecule has 1 atom stereocenters. The molecular formula is C16H29NO. The zero-order valence-corrected chi connectivity index (χ0v) is 12.3. The van der Waals surface area contributed by atoms with Crippen LogP contribution in [0.3, 0.4) is 0 Å². The highest BCUT2D eigenvalue weighted by Gasteiger charge is 2.11. The van der Waals surface area contributed by atoms with Gasteiger partial charge in [0.1, 0.15) is 11.5 Å². The number of rotatable bonds is 9. The molecular weight excluding hydrogens is 222 g/mol. The summed E-state index contributed by atoms with van der Waals surface area (Å²) in [5.74, 6) is 1.95. The van der Waals surface area contributed by atoms with Gasteiger partial charge in [0.15, 0.2) is 0 Å². The summed E-state index contributed by atoms with van der Waals surface area (Å²) in [6.07, 6.45) is 10.4. The third kappa shape index (κ3) is 5.26. The van der Waals surface area contributed by atoms with E-state index in [1.165, 1.54) is 50.5 Å². The zero-order valence-electron chi connectivity index (χ0n) is 12.3. The molecule has 0 spiro atoms. The van der Waals surface area contributed by atoms with Gasteiger partial charge in [0, 0.05) is 0 Å². The minimum absolute atomic E-state index is 0.0769. The van der Waals surface area contributed by atoms with Gasteiger partial charge in [0.2, 0.25) is 0 Å². The number of unbranched alkanes of at least 4 members (excludes halogenated alkanes) is 6. The van der Waals surface area contributed by atoms with Crippen LogP contribution in [0.25, 0.3) is 0 Å². The largest absolute Gasteiger partial charge is 0.464 e. The molecule has 0 aliphatic carbocycles. The fourth-order valence-electron chi connectivity index (χ4n) is 2.25. The molecule has 1 unspecified atom stereocenters. The smallest absolute Gasteiger partial charge is 0.121 e. The van der Waals surface area contributed by atoms with Crippen molar-refractivity contribution in [2.45, 2.75) is 78.2 Å². The van der Waals surface area contributed by atoms with E-state index in [-0.39, 0.29) is 6.04 Å². The van der Waals surface area contributed by atoms with E-state index in [0.717, 1.165) is 17.9 Å². The third-order valence-electron chi connectivity index (χ3n) is 3.67. The Morgan fingerprint density at radius 2 is 1.67 bits per heavy atom. The Morgan fingerprint density at radius 3 is 2.22 bits per heavy atom. The first kappa shape index (κ1) is 15.3. The maximum absolute atomic E-state index is 6.15. The van der Waals surface area contributed by atoms with Crippen LogP contribution in [0.2, 0.25) is 0 Å². The second-order valence-corrected chi connectivity index (χ2v) is 5.40. The lowest BCUT2D eigenvalue weighted by atomic mass is 10.0. The first-order valence-corrected chi connectivity index (χ1v) is 7.47.